The maximum absolute atomic E-state index is 10.6. The lowest BCUT2D eigenvalue weighted by atomic mass is 10.4. The standard InChI is InChI=1S/C14H31O4PS/c1-4-7-11-19(12-8-5-2,13-9-6-3)14-10-18-20(15,16)17/h4-14H2,1-3H3/p+1. The van der Waals surface area contributed by atoms with Crippen molar-refractivity contribution in [1.29, 1.82) is 0 Å². The molecule has 0 aromatic carbocycles. The van der Waals surface area contributed by atoms with Gasteiger partial charge in [0.15, 0.2) is 0 Å². The number of hydrogen-bond donors (Lipinski definition) is 0. The van der Waals surface area contributed by atoms with Crippen LogP contribution in [0.1, 0.15) is 60.7 Å². The van der Waals surface area contributed by atoms with Crippen molar-refractivity contribution in [2.75, 3.05) is 31.3 Å². The summed E-state index contributed by atoms with van der Waals surface area (Å²) in [6, 6.07) is 0. The first-order valence-electron chi connectivity index (χ1n) is 7.84. The fourth-order valence-electron chi connectivity index (χ4n) is 2.48. The maximum Gasteiger partial charge on any atom is 1.00 e. The van der Waals surface area contributed by atoms with Crippen molar-refractivity contribution in [3.8, 4) is 0 Å². The van der Waals surface area contributed by atoms with Crippen LogP contribution in [0.5, 0.6) is 0 Å². The summed E-state index contributed by atoms with van der Waals surface area (Å²) in [4.78, 5) is 0. The predicted octanol–water partition coefficient (Wildman–Crippen LogP) is 3.99. The summed E-state index contributed by atoms with van der Waals surface area (Å²) in [5.41, 5.74) is 0. The zero-order chi connectivity index (χ0) is 15.5. The van der Waals surface area contributed by atoms with Gasteiger partial charge in [0.2, 0.25) is 10.4 Å². The van der Waals surface area contributed by atoms with Gasteiger partial charge in [-0.25, -0.2) is 8.42 Å². The molecule has 122 valence electrons. The number of hydrogen-bond acceptors (Lipinski definition) is 4. The monoisotopic (exact) mass is 327 g/mol. The van der Waals surface area contributed by atoms with Crippen LogP contribution >= 0.6 is 7.26 Å². The van der Waals surface area contributed by atoms with E-state index in [2.05, 4.69) is 25.0 Å². The van der Waals surface area contributed by atoms with Crippen molar-refractivity contribution < 1.29 is 18.6 Å². The first-order chi connectivity index (χ1) is 9.39. The van der Waals surface area contributed by atoms with Crippen LogP contribution in [0.3, 0.4) is 0 Å². The molecule has 0 atom stereocenters. The highest BCUT2D eigenvalue weighted by Gasteiger charge is 2.35. The molecule has 0 saturated carbocycles. The Bertz CT molecular complexity index is 314. The van der Waals surface area contributed by atoms with Crippen LogP contribution in [-0.2, 0) is 14.6 Å². The van der Waals surface area contributed by atoms with E-state index < -0.39 is 17.7 Å². The second-order valence-electron chi connectivity index (χ2n) is 5.53. The molecule has 0 saturated heterocycles. The number of rotatable bonds is 13. The summed E-state index contributed by atoms with van der Waals surface area (Å²) in [6.45, 7) is 6.64. The Balaban J connectivity index is 0. The molecule has 0 spiro atoms. The Kier molecular flexibility index (Phi) is 11.1. The quantitative estimate of drug-likeness (QED) is 0.291. The molecule has 0 heterocycles. The Labute approximate surface area is 127 Å². The SMILES string of the molecule is CCCC[P+](CCCC)(CCCC)CCOS(=O)(=O)[O-].[H+]. The molecule has 0 aliphatic carbocycles. The van der Waals surface area contributed by atoms with Crippen molar-refractivity contribution in [3.05, 3.63) is 0 Å². The molecule has 0 amide bonds. The van der Waals surface area contributed by atoms with Crippen molar-refractivity contribution in [2.45, 2.75) is 59.3 Å². The van der Waals surface area contributed by atoms with Crippen molar-refractivity contribution >= 4 is 17.7 Å². The number of unbranched alkanes of at least 4 members (excludes halogenated alkanes) is 3. The lowest BCUT2D eigenvalue weighted by Crippen LogP contribution is -2.18. The normalized spacial score (nSPS) is 12.8. The van der Waals surface area contributed by atoms with Gasteiger partial charge < -0.3 is 4.55 Å². The van der Waals surface area contributed by atoms with Crippen molar-refractivity contribution in [2.24, 2.45) is 0 Å². The highest BCUT2D eigenvalue weighted by atomic mass is 32.3. The van der Waals surface area contributed by atoms with E-state index in [9.17, 15) is 13.0 Å². The largest absolute Gasteiger partial charge is 1.00 e. The summed E-state index contributed by atoms with van der Waals surface area (Å²) >= 11 is 0. The molecule has 0 fully saturated rings. The van der Waals surface area contributed by atoms with Gasteiger partial charge in [-0.1, -0.05) is 40.0 Å². The Hall–Kier alpha value is 0.300. The van der Waals surface area contributed by atoms with Gasteiger partial charge in [0.25, 0.3) is 0 Å². The van der Waals surface area contributed by atoms with Gasteiger partial charge in [-0.3, -0.25) is 4.18 Å². The molecular weight excluding hydrogens is 295 g/mol. The molecule has 0 bridgehead atoms. The van der Waals surface area contributed by atoms with E-state index in [4.69, 9.17) is 0 Å². The Morgan fingerprint density at radius 2 is 1.30 bits per heavy atom. The smallest absolute Gasteiger partial charge is 0.726 e. The lowest BCUT2D eigenvalue weighted by Gasteiger charge is -2.28. The molecule has 0 aromatic rings. The zero-order valence-electron chi connectivity index (χ0n) is 14.3. The molecule has 0 N–H and O–H groups in total. The molecule has 0 radical (unpaired) electrons. The molecule has 0 rings (SSSR count). The fourth-order valence-corrected chi connectivity index (χ4v) is 7.68. The van der Waals surface area contributed by atoms with E-state index in [0.717, 1.165) is 6.16 Å². The minimum atomic E-state index is -4.54. The van der Waals surface area contributed by atoms with Gasteiger partial charge >= 0.3 is 1.43 Å². The van der Waals surface area contributed by atoms with Gasteiger partial charge in [0, 0.05) is 7.26 Å². The van der Waals surface area contributed by atoms with Crippen LogP contribution in [0, 0.1) is 0 Å². The topological polar surface area (TPSA) is 66.4 Å². The molecule has 6 heteroatoms. The van der Waals surface area contributed by atoms with Crippen LogP contribution in [0.15, 0.2) is 0 Å². The predicted molar refractivity (Wildman–Crippen MR) is 87.9 cm³/mol. The minimum Gasteiger partial charge on any atom is -0.726 e. The van der Waals surface area contributed by atoms with Crippen LogP contribution in [-0.4, -0.2) is 44.2 Å². The fraction of sp³-hybridized carbons (Fsp3) is 1.00. The van der Waals surface area contributed by atoms with Crippen LogP contribution < -0.4 is 0 Å². The van der Waals surface area contributed by atoms with Crippen LogP contribution in [0.4, 0.5) is 0 Å². The molecule has 0 unspecified atom stereocenters. The van der Waals surface area contributed by atoms with Crippen molar-refractivity contribution in [1.82, 2.24) is 0 Å². The summed E-state index contributed by atoms with van der Waals surface area (Å²) in [7, 11) is -5.70. The second kappa shape index (κ2) is 10.9. The van der Waals surface area contributed by atoms with Gasteiger partial charge in [-0.05, 0) is 19.3 Å². The third-order valence-corrected chi connectivity index (χ3v) is 9.13. The van der Waals surface area contributed by atoms with E-state index in [-0.39, 0.29) is 8.03 Å². The second-order valence-corrected chi connectivity index (χ2v) is 11.1. The van der Waals surface area contributed by atoms with E-state index in [1.54, 1.807) is 0 Å². The average Bonchev–Trinajstić information content (AvgIpc) is 2.38. The first-order valence-corrected chi connectivity index (χ1v) is 11.7. The van der Waals surface area contributed by atoms with Crippen LogP contribution in [0.2, 0.25) is 0 Å². The summed E-state index contributed by atoms with van der Waals surface area (Å²) in [5, 5.41) is 0. The maximum atomic E-state index is 10.6. The minimum absolute atomic E-state index is 0. The molecule has 0 aliphatic rings. The molecule has 20 heavy (non-hydrogen) atoms. The lowest BCUT2D eigenvalue weighted by molar-refractivity contribution is 0.276. The Morgan fingerprint density at radius 1 is 0.900 bits per heavy atom. The average molecular weight is 327 g/mol. The third-order valence-electron chi connectivity index (χ3n) is 3.75. The van der Waals surface area contributed by atoms with E-state index in [1.807, 2.05) is 0 Å². The molecule has 0 aromatic heterocycles. The van der Waals surface area contributed by atoms with Gasteiger partial charge in [0.1, 0.15) is 0 Å². The Morgan fingerprint density at radius 3 is 1.60 bits per heavy atom. The highest BCUT2D eigenvalue weighted by molar-refractivity contribution is 7.80. The summed E-state index contributed by atoms with van der Waals surface area (Å²) in [6.07, 6.45) is 11.5. The van der Waals surface area contributed by atoms with E-state index in [0.29, 0.717) is 0 Å². The molecule has 4 nitrogen and oxygen atoms in total. The zero-order valence-corrected chi connectivity index (χ0v) is 15.0. The van der Waals surface area contributed by atoms with Gasteiger partial charge in [-0.2, -0.15) is 0 Å². The summed E-state index contributed by atoms with van der Waals surface area (Å²) < 4.78 is 36.3. The summed E-state index contributed by atoms with van der Waals surface area (Å²) in [5.74, 6) is 0. The van der Waals surface area contributed by atoms with Crippen molar-refractivity contribution in [3.63, 3.8) is 0 Å². The molecule has 0 aliphatic heterocycles. The highest BCUT2D eigenvalue weighted by Crippen LogP contribution is 2.60. The van der Waals surface area contributed by atoms with Gasteiger partial charge in [0.05, 0.1) is 31.3 Å². The van der Waals surface area contributed by atoms with Crippen LogP contribution in [0.25, 0.3) is 0 Å². The van der Waals surface area contributed by atoms with Gasteiger partial charge in [-0.15, -0.1) is 0 Å². The van der Waals surface area contributed by atoms with E-state index in [1.165, 1.54) is 57.0 Å². The third kappa shape index (κ3) is 10.1. The molecular formula is C14H32O4PS+. The first kappa shape index (κ1) is 20.3. The van der Waals surface area contributed by atoms with E-state index >= 15 is 0 Å².